The molecule has 0 aliphatic carbocycles. The van der Waals surface area contributed by atoms with E-state index in [0.29, 0.717) is 5.56 Å². The first-order chi connectivity index (χ1) is 11.5. The normalized spacial score (nSPS) is 33.2. The largest absolute Gasteiger partial charge is 0.394 e. The number of hydrogen-bond donors (Lipinski definition) is 3. The molecule has 3 rings (SSSR count). The van der Waals surface area contributed by atoms with Gasteiger partial charge in [0.1, 0.15) is 18.4 Å². The molecule has 0 spiro atoms. The maximum absolute atomic E-state index is 11.9. The Kier molecular flexibility index (Phi) is 5.13. The molecule has 3 N–H and O–H groups in total. The van der Waals surface area contributed by atoms with Crippen LogP contribution in [0.4, 0.5) is 0 Å². The molecule has 5 atom stereocenters. The molecule has 1 aromatic rings. The molecular weight excluding hydrogens is 324 g/mol. The number of hydrogen-bond acceptors (Lipinski definition) is 8. The van der Waals surface area contributed by atoms with Crippen molar-refractivity contribution >= 4 is 0 Å². The summed E-state index contributed by atoms with van der Waals surface area (Å²) in [7, 11) is 0. The van der Waals surface area contributed by atoms with Gasteiger partial charge in [-0.15, -0.1) is 0 Å². The second kappa shape index (κ2) is 7.13. The van der Waals surface area contributed by atoms with Crippen LogP contribution in [0, 0.1) is 6.92 Å². The van der Waals surface area contributed by atoms with Crippen LogP contribution in [0.25, 0.3) is 0 Å². The van der Waals surface area contributed by atoms with E-state index in [1.807, 2.05) is 0 Å². The van der Waals surface area contributed by atoms with Gasteiger partial charge in [-0.1, -0.05) is 0 Å². The molecule has 2 aliphatic heterocycles. The molecule has 134 valence electrons. The Balaban J connectivity index is 1.60. The Hall–Kier alpha value is -1.56. The lowest BCUT2D eigenvalue weighted by atomic mass is 10.2. The molecule has 2 aliphatic rings. The van der Waals surface area contributed by atoms with E-state index in [0.717, 1.165) is 0 Å². The molecular formula is C14H20N2O8. The number of aliphatic hydroxyl groups is 2. The van der Waals surface area contributed by atoms with Crippen molar-refractivity contribution in [3.8, 4) is 0 Å². The minimum Gasteiger partial charge on any atom is -0.394 e. The van der Waals surface area contributed by atoms with Crippen molar-refractivity contribution < 1.29 is 29.2 Å². The van der Waals surface area contributed by atoms with Crippen LogP contribution in [-0.2, 0) is 18.9 Å². The molecule has 10 nitrogen and oxygen atoms in total. The molecule has 0 bridgehead atoms. The van der Waals surface area contributed by atoms with E-state index in [4.69, 9.17) is 24.1 Å². The van der Waals surface area contributed by atoms with Crippen molar-refractivity contribution in [2.45, 2.75) is 44.4 Å². The lowest BCUT2D eigenvalue weighted by Gasteiger charge is -2.18. The summed E-state index contributed by atoms with van der Waals surface area (Å²) in [6.45, 7) is 0.711. The van der Waals surface area contributed by atoms with Gasteiger partial charge in [-0.05, 0) is 6.92 Å². The first kappa shape index (κ1) is 17.3. The van der Waals surface area contributed by atoms with Crippen LogP contribution in [0.5, 0.6) is 0 Å². The van der Waals surface area contributed by atoms with Gasteiger partial charge < -0.3 is 29.2 Å². The highest BCUT2D eigenvalue weighted by Gasteiger charge is 2.37. The van der Waals surface area contributed by atoms with E-state index >= 15 is 0 Å². The van der Waals surface area contributed by atoms with E-state index in [1.54, 1.807) is 6.92 Å². The second-order valence-electron chi connectivity index (χ2n) is 5.81. The summed E-state index contributed by atoms with van der Waals surface area (Å²) in [6.07, 6.45) is -1.06. The maximum atomic E-state index is 11.9. The molecule has 10 heteroatoms. The van der Waals surface area contributed by atoms with Crippen molar-refractivity contribution in [2.75, 3.05) is 19.8 Å². The van der Waals surface area contributed by atoms with Gasteiger partial charge in [-0.2, -0.15) is 0 Å². The van der Waals surface area contributed by atoms with Crippen LogP contribution in [-0.4, -0.2) is 64.4 Å². The fourth-order valence-electron chi connectivity index (χ4n) is 2.61. The van der Waals surface area contributed by atoms with Crippen molar-refractivity contribution in [2.24, 2.45) is 0 Å². The fourth-order valence-corrected chi connectivity index (χ4v) is 2.61. The molecule has 3 heterocycles. The van der Waals surface area contributed by atoms with Gasteiger partial charge in [0.25, 0.3) is 12.0 Å². The van der Waals surface area contributed by atoms with Gasteiger partial charge in [0, 0.05) is 18.2 Å². The first-order valence-electron chi connectivity index (χ1n) is 7.63. The molecule has 0 amide bonds. The average molecular weight is 344 g/mol. The van der Waals surface area contributed by atoms with Crippen molar-refractivity contribution in [3.05, 3.63) is 32.6 Å². The Labute approximate surface area is 136 Å². The van der Waals surface area contributed by atoms with Gasteiger partial charge in [0.15, 0.2) is 0 Å². The quantitative estimate of drug-likeness (QED) is 0.570. The van der Waals surface area contributed by atoms with Crippen LogP contribution in [0.15, 0.2) is 15.8 Å². The summed E-state index contributed by atoms with van der Waals surface area (Å²) in [5.41, 5.74) is -0.684. The third kappa shape index (κ3) is 3.58. The van der Waals surface area contributed by atoms with E-state index in [1.165, 1.54) is 10.8 Å². The van der Waals surface area contributed by atoms with Crippen LogP contribution in [0.3, 0.4) is 0 Å². The minimum atomic E-state index is -0.921. The molecule has 0 radical (unpaired) electrons. The number of H-pyrrole nitrogens is 1. The van der Waals surface area contributed by atoms with Crippen molar-refractivity contribution in [1.82, 2.24) is 9.55 Å². The number of nitrogens with zero attached hydrogens (tertiary/aromatic N) is 1. The van der Waals surface area contributed by atoms with Crippen LogP contribution >= 0.6 is 0 Å². The predicted molar refractivity (Wildman–Crippen MR) is 78.2 cm³/mol. The van der Waals surface area contributed by atoms with Gasteiger partial charge >= 0.3 is 5.69 Å². The number of nitrogens with one attached hydrogen (secondary N) is 1. The predicted octanol–water partition coefficient (Wildman–Crippen LogP) is -1.80. The van der Waals surface area contributed by atoms with Crippen LogP contribution in [0.2, 0.25) is 0 Å². The number of rotatable bonds is 5. The first-order valence-corrected chi connectivity index (χ1v) is 7.63. The second-order valence-corrected chi connectivity index (χ2v) is 5.81. The Bertz CT molecular complexity index is 686. The number of aliphatic hydroxyl groups excluding tert-OH is 2. The third-order valence-corrected chi connectivity index (χ3v) is 3.98. The molecule has 0 saturated carbocycles. The van der Waals surface area contributed by atoms with Crippen LogP contribution in [0.1, 0.15) is 18.2 Å². The Morgan fingerprint density at radius 2 is 2.21 bits per heavy atom. The fraction of sp³-hybridized carbons (Fsp3) is 0.714. The highest BCUT2D eigenvalue weighted by Crippen LogP contribution is 2.28. The SMILES string of the molecule is Cc1cn([C@H]2C[C@@H](O)C(COC3OCC(CO)O3)O2)c(=O)[nH]c1=O. The van der Waals surface area contributed by atoms with E-state index in [2.05, 4.69) is 4.98 Å². The summed E-state index contributed by atoms with van der Waals surface area (Å²) in [5, 5.41) is 19.0. The minimum absolute atomic E-state index is 0.00241. The number of aryl methyl sites for hydroxylation is 1. The Morgan fingerprint density at radius 3 is 2.92 bits per heavy atom. The van der Waals surface area contributed by atoms with Crippen molar-refractivity contribution in [3.63, 3.8) is 0 Å². The van der Waals surface area contributed by atoms with Gasteiger partial charge in [-0.25, -0.2) is 4.79 Å². The van der Waals surface area contributed by atoms with E-state index in [-0.39, 0.29) is 26.2 Å². The summed E-state index contributed by atoms with van der Waals surface area (Å²) in [4.78, 5) is 25.5. The third-order valence-electron chi connectivity index (χ3n) is 3.98. The smallest absolute Gasteiger partial charge is 0.330 e. The summed E-state index contributed by atoms with van der Waals surface area (Å²) < 4.78 is 22.7. The summed E-state index contributed by atoms with van der Waals surface area (Å²) in [6, 6.07) is 0. The molecule has 3 unspecified atom stereocenters. The maximum Gasteiger partial charge on any atom is 0.330 e. The molecule has 0 aromatic carbocycles. The summed E-state index contributed by atoms with van der Waals surface area (Å²) >= 11 is 0. The number of aromatic amines is 1. The van der Waals surface area contributed by atoms with E-state index in [9.17, 15) is 14.7 Å². The summed E-state index contributed by atoms with van der Waals surface area (Å²) in [5.74, 6) is 0. The molecule has 1 aromatic heterocycles. The molecule has 2 fully saturated rings. The number of ether oxygens (including phenoxy) is 4. The highest BCUT2D eigenvalue weighted by atomic mass is 16.9. The van der Waals surface area contributed by atoms with Gasteiger partial charge in [0.2, 0.25) is 0 Å². The molecule has 24 heavy (non-hydrogen) atoms. The Morgan fingerprint density at radius 1 is 1.42 bits per heavy atom. The van der Waals surface area contributed by atoms with Gasteiger partial charge in [0.05, 0.1) is 25.9 Å². The zero-order valence-corrected chi connectivity index (χ0v) is 13.1. The zero-order chi connectivity index (χ0) is 17.3. The van der Waals surface area contributed by atoms with E-state index < -0.39 is 42.3 Å². The topological polar surface area (TPSA) is 132 Å². The highest BCUT2D eigenvalue weighted by molar-refractivity contribution is 5.02. The average Bonchev–Trinajstić information content (AvgIpc) is 3.15. The lowest BCUT2D eigenvalue weighted by Crippen LogP contribution is -2.33. The number of aromatic nitrogens is 2. The zero-order valence-electron chi connectivity index (χ0n) is 13.1. The van der Waals surface area contributed by atoms with Gasteiger partial charge in [-0.3, -0.25) is 14.3 Å². The molecule has 2 saturated heterocycles. The van der Waals surface area contributed by atoms with Crippen LogP contribution < -0.4 is 11.2 Å². The van der Waals surface area contributed by atoms with Crippen molar-refractivity contribution in [1.29, 1.82) is 0 Å². The standard InChI is InChI=1S/C14H20N2O8/c1-7-3-16(13(20)15-12(7)19)11-2-9(18)10(24-11)6-22-14-21-5-8(4-17)23-14/h3,8-11,14,17-18H,2,4-6H2,1H3,(H,15,19,20)/t8?,9-,10?,11-,14?/m1/s1. The monoisotopic (exact) mass is 344 g/mol. The lowest BCUT2D eigenvalue weighted by molar-refractivity contribution is -0.252.